The smallest absolute Gasteiger partial charge is 0.183 e. The zero-order valence-corrected chi connectivity index (χ0v) is 10.8. The topological polar surface area (TPSA) is 24.9 Å². The molecule has 0 atom stereocenters. The molecule has 1 heterocycles. The van der Waals surface area contributed by atoms with Gasteiger partial charge in [-0.2, -0.15) is 0 Å². The molecule has 0 aliphatic heterocycles. The number of hydrogen-bond acceptors (Lipinski definition) is 3. The van der Waals surface area contributed by atoms with Gasteiger partial charge in [-0.3, -0.25) is 0 Å². The largest absolute Gasteiger partial charge is 0.359 e. The van der Waals surface area contributed by atoms with Crippen LogP contribution in [0.15, 0.2) is 30.3 Å². The second-order valence-electron chi connectivity index (χ2n) is 4.43. The van der Waals surface area contributed by atoms with Crippen LogP contribution in [0.5, 0.6) is 0 Å². The third-order valence-electron chi connectivity index (χ3n) is 2.97. The number of aryl methyl sites for hydroxylation is 1. The van der Waals surface area contributed by atoms with Crippen LogP contribution in [0.4, 0.5) is 5.13 Å². The predicted octanol–water partition coefficient (Wildman–Crippen LogP) is 3.95. The summed E-state index contributed by atoms with van der Waals surface area (Å²) in [5.74, 6) is 0. The molecule has 17 heavy (non-hydrogen) atoms. The Balaban J connectivity index is 1.94. The Bertz CT molecular complexity index is 500. The summed E-state index contributed by atoms with van der Waals surface area (Å²) in [5.41, 5.74) is 2.50. The van der Waals surface area contributed by atoms with E-state index in [0.717, 1.165) is 11.6 Å². The molecule has 1 N–H and O–H groups in total. The van der Waals surface area contributed by atoms with Crippen molar-refractivity contribution in [3.05, 3.63) is 36.0 Å². The van der Waals surface area contributed by atoms with Crippen molar-refractivity contribution in [2.45, 2.75) is 32.2 Å². The Hall–Kier alpha value is -1.35. The summed E-state index contributed by atoms with van der Waals surface area (Å²) < 4.78 is 0. The summed E-state index contributed by atoms with van der Waals surface area (Å²) in [7, 11) is 0. The van der Waals surface area contributed by atoms with Gasteiger partial charge in [0.2, 0.25) is 0 Å². The van der Waals surface area contributed by atoms with Crippen molar-refractivity contribution in [2.75, 3.05) is 5.32 Å². The van der Waals surface area contributed by atoms with Gasteiger partial charge in [0.15, 0.2) is 5.13 Å². The third-order valence-corrected chi connectivity index (χ3v) is 4.05. The first kappa shape index (κ1) is 10.8. The summed E-state index contributed by atoms with van der Waals surface area (Å²) >= 11 is 1.78. The van der Waals surface area contributed by atoms with Gasteiger partial charge in [0.1, 0.15) is 0 Å². The van der Waals surface area contributed by atoms with Crippen molar-refractivity contribution in [1.82, 2.24) is 4.98 Å². The molecule has 1 aliphatic carbocycles. The van der Waals surface area contributed by atoms with Crippen molar-refractivity contribution in [3.63, 3.8) is 0 Å². The van der Waals surface area contributed by atoms with Crippen molar-refractivity contribution < 1.29 is 0 Å². The number of anilines is 1. The van der Waals surface area contributed by atoms with E-state index >= 15 is 0 Å². The monoisotopic (exact) mass is 244 g/mol. The molecular formula is C14H16N2S. The van der Waals surface area contributed by atoms with Gasteiger partial charge in [-0.05, 0) is 24.8 Å². The first-order valence-electron chi connectivity index (χ1n) is 6.18. The number of thiazole rings is 1. The highest BCUT2D eigenvalue weighted by atomic mass is 32.1. The van der Waals surface area contributed by atoms with Crippen molar-refractivity contribution >= 4 is 16.5 Å². The fourth-order valence-electron chi connectivity index (χ4n) is 1.87. The minimum absolute atomic E-state index is 0.675. The predicted molar refractivity (Wildman–Crippen MR) is 73.6 cm³/mol. The van der Waals surface area contributed by atoms with Crippen LogP contribution in [0.25, 0.3) is 10.4 Å². The number of hydrogen-bond donors (Lipinski definition) is 1. The average Bonchev–Trinajstić information content (AvgIpc) is 3.08. The molecule has 2 aromatic rings. The van der Waals surface area contributed by atoms with E-state index < -0.39 is 0 Å². The molecule has 2 nitrogen and oxygen atoms in total. The first-order chi connectivity index (χ1) is 8.36. The summed E-state index contributed by atoms with van der Waals surface area (Å²) in [4.78, 5) is 6.01. The van der Waals surface area contributed by atoms with Crippen LogP contribution < -0.4 is 5.32 Å². The van der Waals surface area contributed by atoms with Crippen LogP contribution in [0.1, 0.15) is 25.5 Å². The number of aromatic nitrogens is 1. The Kier molecular flexibility index (Phi) is 2.85. The van der Waals surface area contributed by atoms with E-state index in [1.165, 1.54) is 29.0 Å². The van der Waals surface area contributed by atoms with Gasteiger partial charge in [0.25, 0.3) is 0 Å². The number of rotatable bonds is 4. The van der Waals surface area contributed by atoms with E-state index in [1.54, 1.807) is 11.3 Å². The SMILES string of the molecule is CCc1nc(NC2CC2)sc1-c1ccccc1. The van der Waals surface area contributed by atoms with Gasteiger partial charge in [-0.1, -0.05) is 48.6 Å². The van der Waals surface area contributed by atoms with Gasteiger partial charge in [0.05, 0.1) is 10.6 Å². The van der Waals surface area contributed by atoms with E-state index in [1.807, 2.05) is 0 Å². The molecular weight excluding hydrogens is 228 g/mol. The maximum Gasteiger partial charge on any atom is 0.183 e. The first-order valence-corrected chi connectivity index (χ1v) is 7.00. The highest BCUT2D eigenvalue weighted by Crippen LogP contribution is 2.35. The Morgan fingerprint density at radius 3 is 2.71 bits per heavy atom. The van der Waals surface area contributed by atoms with Gasteiger partial charge < -0.3 is 5.32 Å². The fraction of sp³-hybridized carbons (Fsp3) is 0.357. The Morgan fingerprint density at radius 1 is 1.29 bits per heavy atom. The zero-order valence-electron chi connectivity index (χ0n) is 9.94. The van der Waals surface area contributed by atoms with Crippen LogP contribution in [-0.2, 0) is 6.42 Å². The maximum atomic E-state index is 4.69. The minimum atomic E-state index is 0.675. The number of nitrogens with one attached hydrogen (secondary N) is 1. The number of benzene rings is 1. The minimum Gasteiger partial charge on any atom is -0.359 e. The summed E-state index contributed by atoms with van der Waals surface area (Å²) in [5, 5.41) is 4.57. The van der Waals surface area contributed by atoms with Crippen LogP contribution >= 0.6 is 11.3 Å². The molecule has 1 aromatic carbocycles. The van der Waals surface area contributed by atoms with Crippen LogP contribution in [0, 0.1) is 0 Å². The van der Waals surface area contributed by atoms with Crippen molar-refractivity contribution in [3.8, 4) is 10.4 Å². The average molecular weight is 244 g/mol. The van der Waals surface area contributed by atoms with Crippen LogP contribution in [0.3, 0.4) is 0 Å². The van der Waals surface area contributed by atoms with E-state index in [4.69, 9.17) is 4.98 Å². The number of nitrogens with zero attached hydrogens (tertiary/aromatic N) is 1. The maximum absolute atomic E-state index is 4.69. The molecule has 1 aromatic heterocycles. The van der Waals surface area contributed by atoms with Gasteiger partial charge in [-0.25, -0.2) is 4.98 Å². The molecule has 0 bridgehead atoms. The lowest BCUT2D eigenvalue weighted by atomic mass is 10.1. The molecule has 1 fully saturated rings. The summed E-state index contributed by atoms with van der Waals surface area (Å²) in [6.45, 7) is 2.17. The normalized spacial score (nSPS) is 14.9. The molecule has 0 amide bonds. The Labute approximate surface area is 106 Å². The molecule has 0 saturated heterocycles. The van der Waals surface area contributed by atoms with Crippen molar-refractivity contribution in [2.24, 2.45) is 0 Å². The van der Waals surface area contributed by atoms with Gasteiger partial charge in [-0.15, -0.1) is 0 Å². The molecule has 0 unspecified atom stereocenters. The Morgan fingerprint density at radius 2 is 2.06 bits per heavy atom. The molecule has 1 saturated carbocycles. The van der Waals surface area contributed by atoms with Gasteiger partial charge >= 0.3 is 0 Å². The fourth-order valence-corrected chi connectivity index (χ4v) is 3.01. The van der Waals surface area contributed by atoms with Crippen LogP contribution in [-0.4, -0.2) is 11.0 Å². The van der Waals surface area contributed by atoms with E-state index in [2.05, 4.69) is 42.6 Å². The standard InChI is InChI=1S/C14H16N2S/c1-2-12-13(10-6-4-3-5-7-10)17-14(16-12)15-11-8-9-11/h3-7,11H,2,8-9H2,1H3,(H,15,16). The lowest BCUT2D eigenvalue weighted by Crippen LogP contribution is -1.99. The third kappa shape index (κ3) is 2.34. The van der Waals surface area contributed by atoms with E-state index in [9.17, 15) is 0 Å². The second kappa shape index (κ2) is 4.49. The second-order valence-corrected chi connectivity index (χ2v) is 5.43. The van der Waals surface area contributed by atoms with Crippen molar-refractivity contribution in [1.29, 1.82) is 0 Å². The highest BCUT2D eigenvalue weighted by Gasteiger charge is 2.23. The summed E-state index contributed by atoms with van der Waals surface area (Å²) in [6.07, 6.45) is 3.58. The highest BCUT2D eigenvalue weighted by molar-refractivity contribution is 7.19. The molecule has 1 aliphatic rings. The molecule has 3 heteroatoms. The quantitative estimate of drug-likeness (QED) is 0.881. The zero-order chi connectivity index (χ0) is 11.7. The lowest BCUT2D eigenvalue weighted by Gasteiger charge is -1.98. The van der Waals surface area contributed by atoms with Gasteiger partial charge in [0, 0.05) is 6.04 Å². The molecule has 0 spiro atoms. The van der Waals surface area contributed by atoms with E-state index in [0.29, 0.717) is 6.04 Å². The molecule has 3 rings (SSSR count). The molecule has 0 radical (unpaired) electrons. The van der Waals surface area contributed by atoms with E-state index in [-0.39, 0.29) is 0 Å². The molecule has 88 valence electrons. The van der Waals surface area contributed by atoms with Crippen LogP contribution in [0.2, 0.25) is 0 Å². The summed E-state index contributed by atoms with van der Waals surface area (Å²) in [6, 6.07) is 11.2. The lowest BCUT2D eigenvalue weighted by molar-refractivity contribution is 1.05.